The van der Waals surface area contributed by atoms with Gasteiger partial charge in [0, 0.05) is 0 Å². The molecule has 0 aliphatic rings. The van der Waals surface area contributed by atoms with Crippen molar-refractivity contribution in [1.82, 2.24) is 0 Å². The first-order valence-corrected chi connectivity index (χ1v) is 13.5. The molecule has 0 aromatic heterocycles. The number of carbonyl (C=O) groups is 1. The molecule has 0 saturated heterocycles. The second kappa shape index (κ2) is 19.2. The highest BCUT2D eigenvalue weighted by molar-refractivity contribution is 5.91. The molecular weight excluding hydrogens is 524 g/mol. The molecule has 3 rings (SSSR count). The van der Waals surface area contributed by atoms with E-state index in [1.54, 1.807) is 48.6 Å². The topological polar surface area (TPSA) is 81.7 Å². The van der Waals surface area contributed by atoms with E-state index in [1.807, 2.05) is 36.4 Å². The van der Waals surface area contributed by atoms with E-state index in [0.717, 1.165) is 16.9 Å². The average molecular weight is 563 g/mol. The highest BCUT2D eigenvalue weighted by Gasteiger charge is 2.09. The summed E-state index contributed by atoms with van der Waals surface area (Å²) in [7, 11) is 0. The molecule has 3 aromatic rings. The van der Waals surface area contributed by atoms with E-state index in [0.29, 0.717) is 83.1 Å². The maximum absolute atomic E-state index is 12.6. The minimum absolute atomic E-state index is 0.398. The van der Waals surface area contributed by atoms with Crippen molar-refractivity contribution in [2.75, 3.05) is 66.1 Å². The van der Waals surface area contributed by atoms with Crippen LogP contribution in [0, 0.1) is 0 Å². The van der Waals surface area contributed by atoms with Crippen LogP contribution >= 0.6 is 0 Å². The second-order valence-corrected chi connectivity index (χ2v) is 8.61. The van der Waals surface area contributed by atoms with Crippen molar-refractivity contribution in [3.8, 4) is 28.4 Å². The van der Waals surface area contributed by atoms with Gasteiger partial charge in [-0.2, -0.15) is 0 Å². The Hall–Kier alpha value is -3.95. The minimum Gasteiger partial charge on any atom is -0.491 e. The maximum Gasteiger partial charge on any atom is 0.343 e. The predicted molar refractivity (Wildman–Crippen MR) is 158 cm³/mol. The largest absolute Gasteiger partial charge is 0.491 e. The van der Waals surface area contributed by atoms with Crippen LogP contribution in [0.4, 0.5) is 0 Å². The van der Waals surface area contributed by atoms with E-state index in [-0.39, 0.29) is 0 Å². The zero-order chi connectivity index (χ0) is 29.0. The fourth-order valence-electron chi connectivity index (χ4n) is 3.52. The van der Waals surface area contributed by atoms with Crippen LogP contribution < -0.4 is 14.2 Å². The number of esters is 1. The monoisotopic (exact) mass is 562 g/mol. The van der Waals surface area contributed by atoms with Gasteiger partial charge in [-0.05, 0) is 59.7 Å². The van der Waals surface area contributed by atoms with Crippen molar-refractivity contribution in [2.45, 2.75) is 0 Å². The number of benzene rings is 3. The molecule has 0 heterocycles. The van der Waals surface area contributed by atoms with E-state index in [9.17, 15) is 4.79 Å². The SMILES string of the molecule is C=CCOCCOCCOc1ccc(C(=O)Oc2ccc(-c3ccc(OCCOCCOCC=C)cc3)cc2)cc1. The Morgan fingerprint density at radius 2 is 0.902 bits per heavy atom. The van der Waals surface area contributed by atoms with Crippen molar-refractivity contribution in [3.63, 3.8) is 0 Å². The van der Waals surface area contributed by atoms with Gasteiger partial charge in [-0.3, -0.25) is 0 Å². The summed E-state index contributed by atoms with van der Waals surface area (Å²) in [4.78, 5) is 12.6. The third-order valence-corrected chi connectivity index (χ3v) is 5.55. The van der Waals surface area contributed by atoms with Crippen LogP contribution in [-0.2, 0) is 18.9 Å². The summed E-state index contributed by atoms with van der Waals surface area (Å²) in [5.41, 5.74) is 2.45. The summed E-state index contributed by atoms with van der Waals surface area (Å²) in [6.07, 6.45) is 3.40. The molecule has 3 aromatic carbocycles. The standard InChI is InChI=1S/C33H38O8/c1-3-17-35-19-21-37-23-25-39-30-11-5-27(6-12-30)28-7-15-32(16-8-28)41-33(34)29-9-13-31(14-10-29)40-26-24-38-22-20-36-18-4-2/h3-16H,1-2,17-26H2. The Kier molecular flexibility index (Phi) is 14.8. The minimum atomic E-state index is -0.443. The lowest BCUT2D eigenvalue weighted by Gasteiger charge is -2.09. The summed E-state index contributed by atoms with van der Waals surface area (Å²) in [6, 6.07) is 22.0. The van der Waals surface area contributed by atoms with Gasteiger partial charge < -0.3 is 33.2 Å². The summed E-state index contributed by atoms with van der Waals surface area (Å²) in [5, 5.41) is 0. The number of hydrogen-bond acceptors (Lipinski definition) is 8. The van der Waals surface area contributed by atoms with E-state index >= 15 is 0 Å². The fourth-order valence-corrected chi connectivity index (χ4v) is 3.52. The van der Waals surface area contributed by atoms with Gasteiger partial charge in [0.15, 0.2) is 0 Å². The number of ether oxygens (including phenoxy) is 7. The number of rotatable bonds is 21. The molecule has 0 aliphatic carbocycles. The molecule has 41 heavy (non-hydrogen) atoms. The molecule has 0 amide bonds. The van der Waals surface area contributed by atoms with Gasteiger partial charge >= 0.3 is 5.97 Å². The van der Waals surface area contributed by atoms with Crippen LogP contribution in [0.2, 0.25) is 0 Å². The molecule has 218 valence electrons. The van der Waals surface area contributed by atoms with Crippen LogP contribution in [0.5, 0.6) is 17.2 Å². The molecule has 0 unspecified atom stereocenters. The third kappa shape index (κ3) is 12.4. The molecule has 0 spiro atoms. The van der Waals surface area contributed by atoms with Crippen molar-refractivity contribution in [2.24, 2.45) is 0 Å². The smallest absolute Gasteiger partial charge is 0.343 e. The lowest BCUT2D eigenvalue weighted by Crippen LogP contribution is -2.11. The Bertz CT molecular complexity index is 1160. The summed E-state index contributed by atoms with van der Waals surface area (Å²) in [6.45, 7) is 12.1. The lowest BCUT2D eigenvalue weighted by atomic mass is 10.1. The first-order chi connectivity index (χ1) is 20.2. The molecule has 0 aliphatic heterocycles. The third-order valence-electron chi connectivity index (χ3n) is 5.55. The molecule has 0 radical (unpaired) electrons. The van der Waals surface area contributed by atoms with Crippen LogP contribution in [0.3, 0.4) is 0 Å². The van der Waals surface area contributed by atoms with Crippen LogP contribution in [0.15, 0.2) is 98.1 Å². The number of hydrogen-bond donors (Lipinski definition) is 0. The van der Waals surface area contributed by atoms with Crippen molar-refractivity contribution in [3.05, 3.63) is 104 Å². The highest BCUT2D eigenvalue weighted by Crippen LogP contribution is 2.25. The van der Waals surface area contributed by atoms with Crippen LogP contribution in [-0.4, -0.2) is 72.0 Å². The first kappa shape index (κ1) is 31.6. The molecule has 0 N–H and O–H groups in total. The molecule has 0 fully saturated rings. The molecule has 8 nitrogen and oxygen atoms in total. The average Bonchev–Trinajstić information content (AvgIpc) is 3.01. The normalized spacial score (nSPS) is 10.6. The molecule has 0 bridgehead atoms. The van der Waals surface area contributed by atoms with Crippen molar-refractivity contribution < 1.29 is 38.0 Å². The van der Waals surface area contributed by atoms with Gasteiger partial charge in [0.25, 0.3) is 0 Å². The fraction of sp³-hybridized carbons (Fsp3) is 0.303. The molecule has 0 saturated carbocycles. The summed E-state index contributed by atoms with van der Waals surface area (Å²) in [5.74, 6) is 1.43. The van der Waals surface area contributed by atoms with Gasteiger partial charge in [-0.25, -0.2) is 4.79 Å². The molecular formula is C33H38O8. The van der Waals surface area contributed by atoms with Gasteiger partial charge in [0.1, 0.15) is 30.5 Å². The Morgan fingerprint density at radius 3 is 1.37 bits per heavy atom. The first-order valence-electron chi connectivity index (χ1n) is 13.5. The molecule has 0 atom stereocenters. The Labute approximate surface area is 242 Å². The summed E-state index contributed by atoms with van der Waals surface area (Å²) < 4.78 is 38.3. The lowest BCUT2D eigenvalue weighted by molar-refractivity contribution is 0.0449. The van der Waals surface area contributed by atoms with E-state index in [2.05, 4.69) is 13.2 Å². The zero-order valence-corrected chi connectivity index (χ0v) is 23.3. The second-order valence-electron chi connectivity index (χ2n) is 8.61. The highest BCUT2D eigenvalue weighted by atomic mass is 16.6. The van der Waals surface area contributed by atoms with E-state index < -0.39 is 5.97 Å². The van der Waals surface area contributed by atoms with Crippen LogP contribution in [0.1, 0.15) is 10.4 Å². The van der Waals surface area contributed by atoms with E-state index in [4.69, 9.17) is 33.2 Å². The van der Waals surface area contributed by atoms with Crippen LogP contribution in [0.25, 0.3) is 11.1 Å². The van der Waals surface area contributed by atoms with Crippen molar-refractivity contribution >= 4 is 5.97 Å². The Morgan fingerprint density at radius 1 is 0.512 bits per heavy atom. The van der Waals surface area contributed by atoms with Gasteiger partial charge in [0.05, 0.1) is 58.4 Å². The van der Waals surface area contributed by atoms with Gasteiger partial charge in [0.2, 0.25) is 0 Å². The Balaban J connectivity index is 1.36. The number of carbonyl (C=O) groups excluding carboxylic acids is 1. The van der Waals surface area contributed by atoms with E-state index in [1.165, 1.54) is 0 Å². The quantitative estimate of drug-likeness (QED) is 0.0701. The maximum atomic E-state index is 12.6. The zero-order valence-electron chi connectivity index (χ0n) is 23.3. The molecule has 8 heteroatoms. The van der Waals surface area contributed by atoms with Gasteiger partial charge in [-0.1, -0.05) is 36.4 Å². The van der Waals surface area contributed by atoms with Gasteiger partial charge in [-0.15, -0.1) is 13.2 Å². The summed E-state index contributed by atoms with van der Waals surface area (Å²) >= 11 is 0. The predicted octanol–water partition coefficient (Wildman–Crippen LogP) is 5.77. The van der Waals surface area contributed by atoms with Crippen molar-refractivity contribution in [1.29, 1.82) is 0 Å².